The van der Waals surface area contributed by atoms with Gasteiger partial charge in [0.15, 0.2) is 0 Å². The molecule has 0 saturated carbocycles. The highest BCUT2D eigenvalue weighted by Gasteiger charge is 2.14. The highest BCUT2D eigenvalue weighted by atomic mass is 35.5. The molecule has 22 heavy (non-hydrogen) atoms. The molecule has 0 radical (unpaired) electrons. The van der Waals surface area contributed by atoms with Crippen LogP contribution in [0.5, 0.6) is 0 Å². The number of aromatic nitrogens is 1. The van der Waals surface area contributed by atoms with Gasteiger partial charge in [-0.25, -0.2) is 0 Å². The predicted molar refractivity (Wildman–Crippen MR) is 93.6 cm³/mol. The van der Waals surface area contributed by atoms with Crippen LogP contribution in [0.15, 0.2) is 48.7 Å². The first-order chi connectivity index (χ1) is 9.66. The van der Waals surface area contributed by atoms with E-state index >= 15 is 0 Å². The lowest BCUT2D eigenvalue weighted by molar-refractivity contribution is -0.122. The lowest BCUT2D eigenvalue weighted by atomic mass is 10.1. The molecule has 1 unspecified atom stereocenters. The molecule has 1 aromatic heterocycles. The molecule has 4 nitrogen and oxygen atoms in total. The Morgan fingerprint density at radius 2 is 1.86 bits per heavy atom. The Morgan fingerprint density at radius 3 is 2.45 bits per heavy atom. The Bertz CT molecular complexity index is 561. The van der Waals surface area contributed by atoms with Crippen LogP contribution in [0.3, 0.4) is 0 Å². The van der Waals surface area contributed by atoms with Crippen molar-refractivity contribution in [2.75, 3.05) is 6.54 Å². The van der Waals surface area contributed by atoms with Crippen molar-refractivity contribution in [2.24, 2.45) is 5.73 Å². The Hall–Kier alpha value is -1.62. The second-order valence-corrected chi connectivity index (χ2v) is 4.75. The van der Waals surface area contributed by atoms with Crippen LogP contribution in [-0.4, -0.2) is 17.4 Å². The smallest absolute Gasteiger partial charge is 0.241 e. The van der Waals surface area contributed by atoms with E-state index in [0.29, 0.717) is 13.0 Å². The average Bonchev–Trinajstić information content (AvgIpc) is 2.48. The summed E-state index contributed by atoms with van der Waals surface area (Å²) in [6.07, 6.45) is 2.45. The zero-order valence-corrected chi connectivity index (χ0v) is 14.0. The number of nitrogens with two attached hydrogens (primary N) is 1. The van der Waals surface area contributed by atoms with Crippen LogP contribution in [0.2, 0.25) is 0 Å². The van der Waals surface area contributed by atoms with Crippen LogP contribution in [-0.2, 0) is 11.2 Å². The summed E-state index contributed by atoms with van der Waals surface area (Å²) < 4.78 is 0. The molecule has 0 spiro atoms. The quantitative estimate of drug-likeness (QED) is 0.878. The van der Waals surface area contributed by atoms with Crippen LogP contribution in [0.4, 0.5) is 0 Å². The van der Waals surface area contributed by atoms with Crippen LogP contribution in [0.1, 0.15) is 22.9 Å². The molecule has 0 aliphatic carbocycles. The van der Waals surface area contributed by atoms with E-state index in [4.69, 9.17) is 5.73 Å². The zero-order valence-electron chi connectivity index (χ0n) is 12.4. The maximum Gasteiger partial charge on any atom is 0.241 e. The van der Waals surface area contributed by atoms with Crippen LogP contribution in [0.25, 0.3) is 0 Å². The van der Waals surface area contributed by atoms with Gasteiger partial charge in [-0.15, -0.1) is 24.8 Å². The lowest BCUT2D eigenvalue weighted by Crippen LogP contribution is -2.35. The summed E-state index contributed by atoms with van der Waals surface area (Å²) in [6.45, 7) is 2.54. The van der Waals surface area contributed by atoms with Crippen molar-refractivity contribution in [3.63, 3.8) is 0 Å². The first-order valence-electron chi connectivity index (χ1n) is 6.66. The number of hydrogen-bond donors (Lipinski definition) is 2. The topological polar surface area (TPSA) is 68.0 Å². The van der Waals surface area contributed by atoms with Gasteiger partial charge in [-0.3, -0.25) is 9.78 Å². The monoisotopic (exact) mass is 341 g/mol. The number of hydrogen-bond acceptors (Lipinski definition) is 3. The van der Waals surface area contributed by atoms with Gasteiger partial charge in [0.05, 0.1) is 0 Å². The van der Waals surface area contributed by atoms with E-state index in [0.717, 1.165) is 16.8 Å². The van der Waals surface area contributed by atoms with Crippen molar-refractivity contribution in [3.8, 4) is 0 Å². The molecular weight excluding hydrogens is 321 g/mol. The maximum atomic E-state index is 12.0. The van der Waals surface area contributed by atoms with E-state index in [-0.39, 0.29) is 30.7 Å². The first kappa shape index (κ1) is 20.4. The molecule has 2 rings (SSSR count). The summed E-state index contributed by atoms with van der Waals surface area (Å²) in [6, 6.07) is 12.8. The summed E-state index contributed by atoms with van der Waals surface area (Å²) in [7, 11) is 0. The van der Waals surface area contributed by atoms with E-state index in [2.05, 4.69) is 10.3 Å². The molecule has 6 heteroatoms. The molecule has 120 valence electrons. The van der Waals surface area contributed by atoms with Crippen molar-refractivity contribution < 1.29 is 4.79 Å². The maximum absolute atomic E-state index is 12.0. The minimum Gasteiger partial charge on any atom is -0.354 e. The second kappa shape index (κ2) is 10.2. The number of nitrogens with one attached hydrogen (secondary N) is 1. The Kier molecular flexibility index (Phi) is 9.42. The van der Waals surface area contributed by atoms with E-state index in [9.17, 15) is 4.79 Å². The highest BCUT2D eigenvalue weighted by Crippen LogP contribution is 2.11. The molecule has 0 aliphatic heterocycles. The number of carbonyl (C=O) groups excluding carboxylic acids is 1. The average molecular weight is 342 g/mol. The fraction of sp³-hybridized carbons (Fsp3) is 0.250. The normalized spacial score (nSPS) is 10.8. The Balaban J connectivity index is 0.00000220. The molecule has 1 aromatic carbocycles. The molecule has 0 fully saturated rings. The van der Waals surface area contributed by atoms with Crippen molar-refractivity contribution >= 4 is 30.7 Å². The van der Waals surface area contributed by atoms with E-state index in [1.54, 1.807) is 6.20 Å². The number of carbonyl (C=O) groups is 1. The molecule has 2 aromatic rings. The summed E-state index contributed by atoms with van der Waals surface area (Å²) in [5, 5.41) is 2.84. The van der Waals surface area contributed by atoms with Gasteiger partial charge < -0.3 is 11.1 Å². The molecule has 3 N–H and O–H groups in total. The van der Waals surface area contributed by atoms with Crippen LogP contribution in [0, 0.1) is 6.92 Å². The highest BCUT2D eigenvalue weighted by molar-refractivity contribution is 5.85. The van der Waals surface area contributed by atoms with Gasteiger partial charge in [0, 0.05) is 24.9 Å². The third kappa shape index (κ3) is 6.02. The van der Waals surface area contributed by atoms with Gasteiger partial charge in [0.25, 0.3) is 0 Å². The minimum atomic E-state index is -0.626. The summed E-state index contributed by atoms with van der Waals surface area (Å²) in [5.41, 5.74) is 8.87. The van der Waals surface area contributed by atoms with Crippen LogP contribution < -0.4 is 11.1 Å². The number of benzene rings is 1. The second-order valence-electron chi connectivity index (χ2n) is 4.75. The standard InChI is InChI=1S/C16H19N3O.2ClH/c1-12-5-7-13(8-6-12)15(17)16(20)19-11-9-14-4-2-3-10-18-14;;/h2-8,10,15H,9,11,17H2,1H3,(H,19,20);2*1H. The van der Waals surface area contributed by atoms with Gasteiger partial charge in [0.1, 0.15) is 6.04 Å². The predicted octanol–water partition coefficient (Wildman–Crippen LogP) is 2.59. The van der Waals surface area contributed by atoms with E-state index < -0.39 is 6.04 Å². The van der Waals surface area contributed by atoms with E-state index in [1.165, 1.54) is 0 Å². The third-order valence-corrected chi connectivity index (χ3v) is 3.13. The number of halogens is 2. The molecule has 0 aliphatic rings. The molecule has 1 amide bonds. The lowest BCUT2D eigenvalue weighted by Gasteiger charge is -2.12. The molecule has 0 bridgehead atoms. The number of rotatable bonds is 5. The van der Waals surface area contributed by atoms with Gasteiger partial charge >= 0.3 is 0 Å². The SMILES string of the molecule is Cc1ccc(C(N)C(=O)NCCc2ccccn2)cc1.Cl.Cl. The van der Waals surface area contributed by atoms with Gasteiger partial charge in [-0.05, 0) is 24.6 Å². The Labute approximate surface area is 143 Å². The molecular formula is C16H21Cl2N3O. The summed E-state index contributed by atoms with van der Waals surface area (Å²) in [5.74, 6) is -0.162. The first-order valence-corrected chi connectivity index (χ1v) is 6.66. The molecule has 1 heterocycles. The van der Waals surface area contributed by atoms with Crippen molar-refractivity contribution in [1.82, 2.24) is 10.3 Å². The minimum absolute atomic E-state index is 0. The van der Waals surface area contributed by atoms with Gasteiger partial charge in [0.2, 0.25) is 5.91 Å². The van der Waals surface area contributed by atoms with E-state index in [1.807, 2.05) is 49.4 Å². The largest absolute Gasteiger partial charge is 0.354 e. The number of amides is 1. The van der Waals surface area contributed by atoms with Gasteiger partial charge in [-0.1, -0.05) is 35.9 Å². The van der Waals surface area contributed by atoms with Crippen molar-refractivity contribution in [3.05, 3.63) is 65.5 Å². The number of nitrogens with zero attached hydrogens (tertiary/aromatic N) is 1. The fourth-order valence-electron chi connectivity index (χ4n) is 1.89. The summed E-state index contributed by atoms with van der Waals surface area (Å²) >= 11 is 0. The van der Waals surface area contributed by atoms with Crippen molar-refractivity contribution in [2.45, 2.75) is 19.4 Å². The third-order valence-electron chi connectivity index (χ3n) is 3.13. The number of aryl methyl sites for hydroxylation is 1. The summed E-state index contributed by atoms with van der Waals surface area (Å²) in [4.78, 5) is 16.2. The molecule has 0 saturated heterocycles. The van der Waals surface area contributed by atoms with Crippen LogP contribution >= 0.6 is 24.8 Å². The van der Waals surface area contributed by atoms with Crippen molar-refractivity contribution in [1.29, 1.82) is 0 Å². The van der Waals surface area contributed by atoms with Gasteiger partial charge in [-0.2, -0.15) is 0 Å². The fourth-order valence-corrected chi connectivity index (χ4v) is 1.89. The zero-order chi connectivity index (χ0) is 14.4. The Morgan fingerprint density at radius 1 is 1.18 bits per heavy atom. The molecule has 1 atom stereocenters. The number of pyridine rings is 1.